The number of hydrogen-bond donors (Lipinski definition) is 1. The summed E-state index contributed by atoms with van der Waals surface area (Å²) < 4.78 is 0.833. The largest absolute Gasteiger partial charge is 0.463 e. The summed E-state index contributed by atoms with van der Waals surface area (Å²) in [4.78, 5) is 9.96. The molecule has 0 fully saturated rings. The van der Waals surface area contributed by atoms with E-state index in [1.807, 2.05) is 0 Å². The highest BCUT2D eigenvalue weighted by molar-refractivity contribution is 5.66. The van der Waals surface area contributed by atoms with Crippen LogP contribution in [0.5, 0.6) is 0 Å². The van der Waals surface area contributed by atoms with E-state index in [4.69, 9.17) is 5.11 Å². The second-order valence-electron chi connectivity index (χ2n) is 1.23. The average molecular weight is 112 g/mol. The summed E-state index contributed by atoms with van der Waals surface area (Å²) in [5, 5.41) is 11.6. The molecular formula is C4H4N2O2. The molecule has 0 bridgehead atoms. The third-order valence-electron chi connectivity index (χ3n) is 0.700. The second-order valence-corrected chi connectivity index (χ2v) is 1.23. The van der Waals surface area contributed by atoms with Crippen molar-refractivity contribution < 1.29 is 9.90 Å². The van der Waals surface area contributed by atoms with Gasteiger partial charge in [-0.1, -0.05) is 0 Å². The maximum Gasteiger partial charge on any atom is 0.432 e. The van der Waals surface area contributed by atoms with Gasteiger partial charge in [-0.15, -0.1) is 0 Å². The topological polar surface area (TPSA) is 55.1 Å². The molecular weight excluding hydrogens is 108 g/mol. The average Bonchev–Trinajstić information content (AvgIpc) is 2.12. The lowest BCUT2D eigenvalue weighted by molar-refractivity contribution is 0.192. The van der Waals surface area contributed by atoms with Gasteiger partial charge in [-0.25, -0.2) is 4.79 Å². The van der Waals surface area contributed by atoms with E-state index in [2.05, 4.69) is 5.10 Å². The molecule has 42 valence electrons. The lowest BCUT2D eigenvalue weighted by Gasteiger charge is -1.85. The lowest BCUT2D eigenvalue weighted by Crippen LogP contribution is -2.07. The maximum atomic E-state index is 9.96. The van der Waals surface area contributed by atoms with Crippen molar-refractivity contribution in [1.29, 1.82) is 0 Å². The van der Waals surface area contributed by atoms with Gasteiger partial charge in [-0.3, -0.25) is 0 Å². The molecule has 4 heteroatoms. The van der Waals surface area contributed by atoms with Crippen LogP contribution in [0.2, 0.25) is 0 Å². The first-order chi connectivity index (χ1) is 3.80. The Morgan fingerprint density at radius 3 is 2.75 bits per heavy atom. The maximum absolute atomic E-state index is 9.96. The van der Waals surface area contributed by atoms with Crippen LogP contribution >= 0.6 is 0 Å². The summed E-state index contributed by atoms with van der Waals surface area (Å²) in [6.07, 6.45) is 1.71. The normalized spacial score (nSPS) is 9.00. The molecule has 0 saturated carbocycles. The molecule has 0 amide bonds. The van der Waals surface area contributed by atoms with Gasteiger partial charge in [0.2, 0.25) is 0 Å². The van der Waals surface area contributed by atoms with Crippen LogP contribution in [0.1, 0.15) is 0 Å². The molecule has 0 radical (unpaired) electrons. The number of carboxylic acid groups (broad SMARTS) is 1. The smallest absolute Gasteiger partial charge is 0.432 e. The number of nitrogens with zero attached hydrogens (tertiary/aromatic N) is 2. The van der Waals surface area contributed by atoms with E-state index in [-0.39, 0.29) is 0 Å². The van der Waals surface area contributed by atoms with E-state index in [9.17, 15) is 4.79 Å². The molecule has 0 aliphatic rings. The highest BCUT2D eigenvalue weighted by Crippen LogP contribution is 1.80. The minimum absolute atomic E-state index is 0.833. The van der Waals surface area contributed by atoms with Crippen LogP contribution in [-0.2, 0) is 0 Å². The quantitative estimate of drug-likeness (QED) is 0.528. The van der Waals surface area contributed by atoms with Gasteiger partial charge in [0.05, 0.1) is 0 Å². The summed E-state index contributed by atoms with van der Waals surface area (Å²) >= 11 is 0. The van der Waals surface area contributed by atoms with Gasteiger partial charge in [0.25, 0.3) is 0 Å². The van der Waals surface area contributed by atoms with Crippen molar-refractivity contribution in [3.63, 3.8) is 0 Å². The highest BCUT2D eigenvalue weighted by atomic mass is 16.4. The van der Waals surface area contributed by atoms with Crippen molar-refractivity contribution in [2.75, 3.05) is 0 Å². The van der Waals surface area contributed by atoms with Gasteiger partial charge in [0, 0.05) is 12.4 Å². The standard InChI is InChI=1S/C4H4N2O2/c7-4(8)6-3-1-2-5-6/h1-3H,(H,7,8). The fourth-order valence-corrected chi connectivity index (χ4v) is 0.382. The van der Waals surface area contributed by atoms with Crippen molar-refractivity contribution >= 4 is 6.09 Å². The fraction of sp³-hybridized carbons (Fsp3) is 0. The molecule has 1 heterocycles. The second kappa shape index (κ2) is 1.65. The van der Waals surface area contributed by atoms with Crippen LogP contribution in [0.4, 0.5) is 4.79 Å². The lowest BCUT2D eigenvalue weighted by atomic mass is 10.8. The van der Waals surface area contributed by atoms with Gasteiger partial charge >= 0.3 is 6.09 Å². The van der Waals surface area contributed by atoms with Gasteiger partial charge in [0.1, 0.15) is 0 Å². The van der Waals surface area contributed by atoms with E-state index >= 15 is 0 Å². The van der Waals surface area contributed by atoms with Crippen LogP contribution in [0.3, 0.4) is 0 Å². The van der Waals surface area contributed by atoms with E-state index in [1.165, 1.54) is 12.4 Å². The van der Waals surface area contributed by atoms with Crippen molar-refractivity contribution in [2.24, 2.45) is 0 Å². The molecule has 0 saturated heterocycles. The van der Waals surface area contributed by atoms with Crippen molar-refractivity contribution in [2.45, 2.75) is 0 Å². The minimum Gasteiger partial charge on any atom is -0.463 e. The van der Waals surface area contributed by atoms with E-state index in [0.29, 0.717) is 0 Å². The Bertz CT molecular complexity index is 180. The van der Waals surface area contributed by atoms with Crippen molar-refractivity contribution in [3.05, 3.63) is 18.5 Å². The van der Waals surface area contributed by atoms with Crippen LogP contribution in [0.15, 0.2) is 18.5 Å². The first-order valence-corrected chi connectivity index (χ1v) is 2.03. The highest BCUT2D eigenvalue weighted by Gasteiger charge is 1.94. The van der Waals surface area contributed by atoms with Crippen LogP contribution in [0, 0.1) is 0 Å². The fourth-order valence-electron chi connectivity index (χ4n) is 0.382. The third-order valence-corrected chi connectivity index (χ3v) is 0.700. The minimum atomic E-state index is -1.06. The number of hydrogen-bond acceptors (Lipinski definition) is 2. The van der Waals surface area contributed by atoms with Gasteiger partial charge in [0.15, 0.2) is 0 Å². The summed E-state index contributed by atoms with van der Waals surface area (Å²) in [5.74, 6) is 0. The predicted octanol–water partition coefficient (Wildman–Crippen LogP) is 0.409. The van der Waals surface area contributed by atoms with E-state index in [0.717, 1.165) is 4.68 Å². The Morgan fingerprint density at radius 1 is 1.75 bits per heavy atom. The molecule has 1 N–H and O–H groups in total. The molecule has 1 aromatic rings. The zero-order valence-electron chi connectivity index (χ0n) is 3.98. The number of carbonyl (C=O) groups is 1. The molecule has 0 aromatic carbocycles. The Balaban J connectivity index is 2.93. The molecule has 4 nitrogen and oxygen atoms in total. The Hall–Kier alpha value is -1.32. The van der Waals surface area contributed by atoms with E-state index < -0.39 is 6.09 Å². The number of rotatable bonds is 0. The van der Waals surface area contributed by atoms with Crippen LogP contribution < -0.4 is 0 Å². The SMILES string of the molecule is O=C(O)n1cccn1. The van der Waals surface area contributed by atoms with Crippen molar-refractivity contribution in [3.8, 4) is 0 Å². The zero-order chi connectivity index (χ0) is 5.98. The van der Waals surface area contributed by atoms with Crippen LogP contribution in [-0.4, -0.2) is 21.0 Å². The summed E-state index contributed by atoms with van der Waals surface area (Å²) in [6, 6.07) is 1.55. The zero-order valence-corrected chi connectivity index (χ0v) is 3.98. The first kappa shape index (κ1) is 4.83. The molecule has 0 spiro atoms. The van der Waals surface area contributed by atoms with Crippen LogP contribution in [0.25, 0.3) is 0 Å². The van der Waals surface area contributed by atoms with Gasteiger partial charge < -0.3 is 5.11 Å². The van der Waals surface area contributed by atoms with Gasteiger partial charge in [-0.2, -0.15) is 9.78 Å². The predicted molar refractivity (Wildman–Crippen MR) is 25.6 cm³/mol. The third kappa shape index (κ3) is 0.676. The Kier molecular flexibility index (Phi) is 0.997. The Labute approximate surface area is 45.4 Å². The molecule has 1 aromatic heterocycles. The van der Waals surface area contributed by atoms with Crippen molar-refractivity contribution in [1.82, 2.24) is 9.78 Å². The summed E-state index contributed by atoms with van der Waals surface area (Å²) in [7, 11) is 0. The Morgan fingerprint density at radius 2 is 2.50 bits per heavy atom. The van der Waals surface area contributed by atoms with E-state index in [1.54, 1.807) is 6.07 Å². The number of aromatic nitrogens is 2. The summed E-state index contributed by atoms with van der Waals surface area (Å²) in [5.41, 5.74) is 0. The molecule has 0 aliphatic carbocycles. The summed E-state index contributed by atoms with van der Waals surface area (Å²) in [6.45, 7) is 0. The molecule has 0 atom stereocenters. The first-order valence-electron chi connectivity index (χ1n) is 2.03. The molecule has 8 heavy (non-hydrogen) atoms. The molecule has 1 rings (SSSR count). The monoisotopic (exact) mass is 112 g/mol. The molecule has 0 unspecified atom stereocenters. The molecule has 0 aliphatic heterocycles. The van der Waals surface area contributed by atoms with Gasteiger partial charge in [-0.05, 0) is 6.07 Å².